The van der Waals surface area contributed by atoms with Crippen LogP contribution in [0.4, 0.5) is 0 Å². The van der Waals surface area contributed by atoms with Crippen LogP contribution < -0.4 is 0 Å². The molecule has 2 aliphatic carbocycles. The van der Waals surface area contributed by atoms with E-state index in [-0.39, 0.29) is 5.97 Å². The highest BCUT2D eigenvalue weighted by molar-refractivity contribution is 5.82. The molecule has 0 N–H and O–H groups in total. The van der Waals surface area contributed by atoms with E-state index in [1.807, 2.05) is 0 Å². The van der Waals surface area contributed by atoms with E-state index in [2.05, 4.69) is 49.9 Å². The third kappa shape index (κ3) is 4.14. The smallest absolute Gasteiger partial charge is 0.310 e. The second-order valence-corrected chi connectivity index (χ2v) is 10.7. The van der Waals surface area contributed by atoms with Crippen LogP contribution in [-0.4, -0.2) is 30.6 Å². The van der Waals surface area contributed by atoms with Gasteiger partial charge in [0.05, 0.1) is 13.5 Å². The van der Waals surface area contributed by atoms with Crippen molar-refractivity contribution in [3.8, 4) is 11.1 Å². The van der Waals surface area contributed by atoms with Crippen LogP contribution in [0.5, 0.6) is 0 Å². The second kappa shape index (κ2) is 9.25. The lowest BCUT2D eigenvalue weighted by Crippen LogP contribution is -2.44. The molecule has 3 heteroatoms. The lowest BCUT2D eigenvalue weighted by molar-refractivity contribution is -0.139. The number of carbonyl (C=O) groups excluding carboxylic acids is 1. The van der Waals surface area contributed by atoms with E-state index in [1.165, 1.54) is 78.2 Å². The topological polar surface area (TPSA) is 29.5 Å². The Bertz CT molecular complexity index is 1040. The maximum atomic E-state index is 12.4. The summed E-state index contributed by atoms with van der Waals surface area (Å²) in [7, 11) is 1.49. The third-order valence-corrected chi connectivity index (χ3v) is 9.07. The molecule has 2 bridgehead atoms. The van der Waals surface area contributed by atoms with E-state index < -0.39 is 0 Å². The van der Waals surface area contributed by atoms with Crippen LogP contribution >= 0.6 is 0 Å². The Balaban J connectivity index is 1.56. The number of ether oxygens (including phenoxy) is 1. The first-order valence-corrected chi connectivity index (χ1v) is 13.0. The standard InChI is InChI=1S/C30H39NO2/c1-5-21-6-10-23(11-7-21)30-20(3)27-18-31(28-13-9-22-8-12-24(28)16-22)15-14-25(27)19(2)26(30)17-29(32)33-4/h6-7,10-11,22,24,28H,5,8-9,12-18H2,1-4H3. The fraction of sp³-hybridized carbons (Fsp3) is 0.567. The summed E-state index contributed by atoms with van der Waals surface area (Å²) in [4.78, 5) is 15.2. The molecule has 33 heavy (non-hydrogen) atoms. The van der Waals surface area contributed by atoms with E-state index in [9.17, 15) is 4.79 Å². The maximum absolute atomic E-state index is 12.4. The minimum absolute atomic E-state index is 0.153. The predicted molar refractivity (Wildman–Crippen MR) is 134 cm³/mol. The highest BCUT2D eigenvalue weighted by Crippen LogP contribution is 2.46. The molecule has 3 nitrogen and oxygen atoms in total. The normalized spacial score (nSPS) is 24.5. The zero-order chi connectivity index (χ0) is 23.1. The van der Waals surface area contributed by atoms with Crippen molar-refractivity contribution in [2.75, 3.05) is 13.7 Å². The maximum Gasteiger partial charge on any atom is 0.310 e. The van der Waals surface area contributed by atoms with Gasteiger partial charge in [0.2, 0.25) is 0 Å². The molecule has 0 amide bonds. The molecule has 0 spiro atoms. The van der Waals surface area contributed by atoms with Gasteiger partial charge in [-0.1, -0.05) is 37.6 Å². The van der Waals surface area contributed by atoms with Crippen molar-refractivity contribution < 1.29 is 9.53 Å². The van der Waals surface area contributed by atoms with Crippen molar-refractivity contribution in [1.29, 1.82) is 0 Å². The van der Waals surface area contributed by atoms with Crippen molar-refractivity contribution in [3.05, 3.63) is 57.6 Å². The van der Waals surface area contributed by atoms with Gasteiger partial charge in [0, 0.05) is 19.1 Å². The Morgan fingerprint density at radius 1 is 1.03 bits per heavy atom. The van der Waals surface area contributed by atoms with Gasteiger partial charge >= 0.3 is 5.97 Å². The summed E-state index contributed by atoms with van der Waals surface area (Å²) in [5.74, 6) is 1.76. The predicted octanol–water partition coefficient (Wildman–Crippen LogP) is 6.19. The van der Waals surface area contributed by atoms with Crippen LogP contribution in [0.15, 0.2) is 24.3 Å². The summed E-state index contributed by atoms with van der Waals surface area (Å²) in [5.41, 5.74) is 10.7. The molecular weight excluding hydrogens is 406 g/mol. The fourth-order valence-electron chi connectivity index (χ4n) is 7.16. The Morgan fingerprint density at radius 3 is 2.52 bits per heavy atom. The van der Waals surface area contributed by atoms with Crippen molar-refractivity contribution in [2.45, 2.75) is 84.7 Å². The van der Waals surface area contributed by atoms with Crippen LogP contribution in [-0.2, 0) is 35.3 Å². The number of carbonyl (C=O) groups is 1. The Morgan fingerprint density at radius 2 is 1.79 bits per heavy atom. The van der Waals surface area contributed by atoms with Gasteiger partial charge in [0.15, 0.2) is 0 Å². The molecule has 0 radical (unpaired) electrons. The van der Waals surface area contributed by atoms with Gasteiger partial charge < -0.3 is 4.74 Å². The first kappa shape index (κ1) is 22.7. The highest BCUT2D eigenvalue weighted by Gasteiger charge is 2.39. The molecule has 3 aliphatic rings. The van der Waals surface area contributed by atoms with Crippen LogP contribution in [0.1, 0.15) is 72.4 Å². The highest BCUT2D eigenvalue weighted by atomic mass is 16.5. The average Bonchev–Trinajstić information content (AvgIpc) is 3.22. The number of benzene rings is 2. The number of fused-ring (bicyclic) bond motifs is 3. The van der Waals surface area contributed by atoms with Crippen molar-refractivity contribution in [2.24, 2.45) is 11.8 Å². The number of esters is 1. The van der Waals surface area contributed by atoms with Gasteiger partial charge in [0.25, 0.3) is 0 Å². The Kier molecular flexibility index (Phi) is 6.35. The van der Waals surface area contributed by atoms with Crippen LogP contribution in [0, 0.1) is 25.7 Å². The molecule has 1 heterocycles. The van der Waals surface area contributed by atoms with E-state index in [0.717, 1.165) is 49.4 Å². The minimum Gasteiger partial charge on any atom is -0.469 e. The molecule has 2 fully saturated rings. The summed E-state index contributed by atoms with van der Waals surface area (Å²) in [6.07, 6.45) is 9.64. The molecule has 3 atom stereocenters. The number of nitrogens with zero attached hydrogens (tertiary/aromatic N) is 1. The van der Waals surface area contributed by atoms with Crippen LogP contribution in [0.2, 0.25) is 0 Å². The molecule has 1 aliphatic heterocycles. The summed E-state index contributed by atoms with van der Waals surface area (Å²) in [6.45, 7) is 8.93. The molecule has 0 aromatic heterocycles. The molecule has 2 aromatic carbocycles. The summed E-state index contributed by atoms with van der Waals surface area (Å²) in [5, 5.41) is 0. The summed E-state index contributed by atoms with van der Waals surface area (Å²) < 4.78 is 5.10. The first-order valence-electron chi connectivity index (χ1n) is 13.0. The molecule has 2 aromatic rings. The number of hydrogen-bond donors (Lipinski definition) is 0. The van der Waals surface area contributed by atoms with E-state index in [4.69, 9.17) is 4.74 Å². The van der Waals surface area contributed by atoms with E-state index in [1.54, 1.807) is 0 Å². The van der Waals surface area contributed by atoms with Gasteiger partial charge in [0.1, 0.15) is 0 Å². The molecular formula is C30H39NO2. The largest absolute Gasteiger partial charge is 0.469 e. The Hall–Kier alpha value is -2.13. The Labute approximate surface area is 199 Å². The number of hydrogen-bond acceptors (Lipinski definition) is 3. The van der Waals surface area contributed by atoms with Crippen molar-refractivity contribution >= 4 is 5.97 Å². The molecule has 5 rings (SSSR count). The van der Waals surface area contributed by atoms with E-state index >= 15 is 0 Å². The average molecular weight is 446 g/mol. The zero-order valence-corrected chi connectivity index (χ0v) is 20.9. The minimum atomic E-state index is -0.153. The summed E-state index contributed by atoms with van der Waals surface area (Å²) in [6, 6.07) is 9.72. The lowest BCUT2D eigenvalue weighted by Gasteiger charge is -2.42. The number of rotatable bonds is 5. The van der Waals surface area contributed by atoms with E-state index in [0.29, 0.717) is 6.42 Å². The second-order valence-electron chi connectivity index (χ2n) is 10.7. The first-order chi connectivity index (χ1) is 16.0. The van der Waals surface area contributed by atoms with Gasteiger partial charge in [-0.3, -0.25) is 9.69 Å². The third-order valence-electron chi connectivity index (χ3n) is 9.07. The van der Waals surface area contributed by atoms with Gasteiger partial charge in [-0.05, 0) is 109 Å². The van der Waals surface area contributed by atoms with Gasteiger partial charge in [-0.2, -0.15) is 0 Å². The van der Waals surface area contributed by atoms with Crippen molar-refractivity contribution in [1.82, 2.24) is 4.90 Å². The fourth-order valence-corrected chi connectivity index (χ4v) is 7.16. The molecule has 176 valence electrons. The van der Waals surface area contributed by atoms with Crippen LogP contribution in [0.3, 0.4) is 0 Å². The van der Waals surface area contributed by atoms with Crippen molar-refractivity contribution in [3.63, 3.8) is 0 Å². The zero-order valence-electron chi connectivity index (χ0n) is 20.9. The molecule has 0 saturated heterocycles. The number of aryl methyl sites for hydroxylation is 1. The SMILES string of the molecule is CCc1ccc(-c2c(C)c3c(c(C)c2CC(=O)OC)CCN(C2CCC4CCC2C4)C3)cc1. The number of methoxy groups -OCH3 is 1. The molecule has 3 unspecified atom stereocenters. The summed E-state index contributed by atoms with van der Waals surface area (Å²) >= 11 is 0. The lowest BCUT2D eigenvalue weighted by atomic mass is 9.79. The van der Waals surface area contributed by atoms with Gasteiger partial charge in [-0.25, -0.2) is 0 Å². The van der Waals surface area contributed by atoms with Gasteiger partial charge in [-0.15, -0.1) is 0 Å². The van der Waals surface area contributed by atoms with Crippen LogP contribution in [0.25, 0.3) is 11.1 Å². The molecule has 2 saturated carbocycles. The monoisotopic (exact) mass is 445 g/mol. The quantitative estimate of drug-likeness (QED) is 0.514.